The highest BCUT2D eigenvalue weighted by Crippen LogP contribution is 2.24. The average Bonchev–Trinajstić information content (AvgIpc) is 3.23. The van der Waals surface area contributed by atoms with Gasteiger partial charge < -0.3 is 15.1 Å². The van der Waals surface area contributed by atoms with Crippen LogP contribution in [0.3, 0.4) is 0 Å². The SMILES string of the molecule is CC(Sc1ccc(C(=O)N2CCCC2)cn1)C(=O)Nc1ccc(N(C)C)cc1. The van der Waals surface area contributed by atoms with E-state index in [0.717, 1.165) is 42.3 Å². The number of thioether (sulfide) groups is 1. The molecule has 1 atom stereocenters. The van der Waals surface area contributed by atoms with E-state index >= 15 is 0 Å². The minimum absolute atomic E-state index is 0.0357. The first kappa shape index (κ1) is 20.2. The Kier molecular flexibility index (Phi) is 6.57. The van der Waals surface area contributed by atoms with Crippen molar-refractivity contribution in [1.82, 2.24) is 9.88 Å². The Morgan fingerprint density at radius 2 is 1.79 bits per heavy atom. The molecule has 2 heterocycles. The molecular weight excluding hydrogens is 372 g/mol. The van der Waals surface area contributed by atoms with Crippen molar-refractivity contribution in [1.29, 1.82) is 0 Å². The van der Waals surface area contributed by atoms with Crippen molar-refractivity contribution in [3.63, 3.8) is 0 Å². The lowest BCUT2D eigenvalue weighted by Gasteiger charge is -2.16. The molecule has 1 N–H and O–H groups in total. The number of carbonyl (C=O) groups is 2. The smallest absolute Gasteiger partial charge is 0.255 e. The summed E-state index contributed by atoms with van der Waals surface area (Å²) < 4.78 is 0. The molecule has 3 rings (SSSR count). The zero-order valence-corrected chi connectivity index (χ0v) is 17.3. The maximum atomic E-state index is 12.5. The van der Waals surface area contributed by atoms with Crippen molar-refractivity contribution in [2.75, 3.05) is 37.4 Å². The Labute approximate surface area is 170 Å². The molecule has 2 amide bonds. The van der Waals surface area contributed by atoms with Crippen LogP contribution in [0.4, 0.5) is 11.4 Å². The molecule has 148 valence electrons. The van der Waals surface area contributed by atoms with Crippen LogP contribution in [0.15, 0.2) is 47.6 Å². The monoisotopic (exact) mass is 398 g/mol. The lowest BCUT2D eigenvalue weighted by molar-refractivity contribution is -0.115. The molecule has 0 saturated carbocycles. The Morgan fingerprint density at radius 3 is 2.36 bits per heavy atom. The van der Waals surface area contributed by atoms with Gasteiger partial charge >= 0.3 is 0 Å². The van der Waals surface area contributed by atoms with Gasteiger partial charge in [-0.1, -0.05) is 11.8 Å². The van der Waals surface area contributed by atoms with Crippen LogP contribution in [0, 0.1) is 0 Å². The van der Waals surface area contributed by atoms with E-state index in [1.54, 1.807) is 12.3 Å². The molecule has 6 nitrogen and oxygen atoms in total. The second-order valence-electron chi connectivity index (χ2n) is 7.08. The van der Waals surface area contributed by atoms with Gasteiger partial charge in [0.05, 0.1) is 15.8 Å². The fourth-order valence-corrected chi connectivity index (χ4v) is 3.79. The minimum atomic E-state index is -0.304. The van der Waals surface area contributed by atoms with Crippen LogP contribution < -0.4 is 10.2 Å². The molecule has 2 aromatic rings. The summed E-state index contributed by atoms with van der Waals surface area (Å²) in [5, 5.41) is 3.35. The van der Waals surface area contributed by atoms with Crippen molar-refractivity contribution in [2.45, 2.75) is 30.0 Å². The average molecular weight is 399 g/mol. The van der Waals surface area contributed by atoms with Gasteiger partial charge in [0.25, 0.3) is 5.91 Å². The van der Waals surface area contributed by atoms with Gasteiger partial charge in [0, 0.05) is 44.8 Å². The first-order valence-corrected chi connectivity index (χ1v) is 10.3. The number of hydrogen-bond acceptors (Lipinski definition) is 5. The van der Waals surface area contributed by atoms with Crippen molar-refractivity contribution in [2.24, 2.45) is 0 Å². The minimum Gasteiger partial charge on any atom is -0.378 e. The van der Waals surface area contributed by atoms with Crippen molar-refractivity contribution in [3.05, 3.63) is 48.2 Å². The number of rotatable bonds is 6. The van der Waals surface area contributed by atoms with Gasteiger partial charge in [-0.15, -0.1) is 0 Å². The third-order valence-corrected chi connectivity index (χ3v) is 5.75. The van der Waals surface area contributed by atoms with Crippen molar-refractivity contribution >= 4 is 35.0 Å². The van der Waals surface area contributed by atoms with Gasteiger partial charge in [-0.25, -0.2) is 4.98 Å². The Bertz CT molecular complexity index is 815. The third kappa shape index (κ3) is 5.04. The molecule has 1 saturated heterocycles. The van der Waals surface area contributed by atoms with Gasteiger partial charge in [0.2, 0.25) is 5.91 Å². The fourth-order valence-electron chi connectivity index (χ4n) is 3.00. The molecule has 1 aromatic carbocycles. The molecule has 0 spiro atoms. The van der Waals surface area contributed by atoms with E-state index in [1.165, 1.54) is 11.8 Å². The third-order valence-electron chi connectivity index (χ3n) is 4.69. The quantitative estimate of drug-likeness (QED) is 0.755. The molecule has 1 aliphatic rings. The van der Waals surface area contributed by atoms with E-state index in [0.29, 0.717) is 5.56 Å². The number of likely N-dealkylation sites (tertiary alicyclic amines) is 1. The molecule has 28 heavy (non-hydrogen) atoms. The van der Waals surface area contributed by atoms with Crippen LogP contribution in [0.1, 0.15) is 30.1 Å². The molecule has 1 fully saturated rings. The second kappa shape index (κ2) is 9.10. The van der Waals surface area contributed by atoms with Crippen LogP contribution in [0.5, 0.6) is 0 Å². The number of anilines is 2. The highest BCUT2D eigenvalue weighted by Gasteiger charge is 2.20. The van der Waals surface area contributed by atoms with E-state index in [1.807, 2.05) is 61.2 Å². The lowest BCUT2D eigenvalue weighted by atomic mass is 10.2. The zero-order valence-electron chi connectivity index (χ0n) is 16.5. The Balaban J connectivity index is 1.55. The predicted molar refractivity (Wildman–Crippen MR) is 114 cm³/mol. The standard InChI is InChI=1S/C21H26N4O2S/c1-15(20(26)23-17-7-9-18(10-8-17)24(2)3)28-19-11-6-16(14-22-19)21(27)25-12-4-5-13-25/h6-11,14-15H,4-5,12-13H2,1-3H3,(H,23,26). The van der Waals surface area contributed by atoms with E-state index in [2.05, 4.69) is 10.3 Å². The van der Waals surface area contributed by atoms with E-state index in [-0.39, 0.29) is 17.1 Å². The number of amides is 2. The van der Waals surface area contributed by atoms with Crippen molar-refractivity contribution < 1.29 is 9.59 Å². The number of carbonyl (C=O) groups excluding carboxylic acids is 2. The molecule has 1 unspecified atom stereocenters. The molecule has 1 aromatic heterocycles. The molecule has 0 radical (unpaired) electrons. The summed E-state index contributed by atoms with van der Waals surface area (Å²) in [5.74, 6) is -0.0462. The molecule has 1 aliphatic heterocycles. The zero-order chi connectivity index (χ0) is 20.1. The lowest BCUT2D eigenvalue weighted by Crippen LogP contribution is -2.27. The first-order valence-electron chi connectivity index (χ1n) is 9.44. The number of aromatic nitrogens is 1. The number of hydrogen-bond donors (Lipinski definition) is 1. The topological polar surface area (TPSA) is 65.5 Å². The summed E-state index contributed by atoms with van der Waals surface area (Å²) in [5.41, 5.74) is 2.44. The van der Waals surface area contributed by atoms with Crippen LogP contribution in [-0.4, -0.2) is 54.1 Å². The molecular formula is C21H26N4O2S. The van der Waals surface area contributed by atoms with Gasteiger partial charge in [-0.05, 0) is 56.2 Å². The van der Waals surface area contributed by atoms with E-state index in [9.17, 15) is 9.59 Å². The summed E-state index contributed by atoms with van der Waals surface area (Å²) >= 11 is 1.38. The van der Waals surface area contributed by atoms with Gasteiger partial charge in [0.1, 0.15) is 0 Å². The number of pyridine rings is 1. The maximum Gasteiger partial charge on any atom is 0.255 e. The summed E-state index contributed by atoms with van der Waals surface area (Å²) in [6, 6.07) is 11.3. The van der Waals surface area contributed by atoms with E-state index in [4.69, 9.17) is 0 Å². The predicted octanol–water partition coefficient (Wildman–Crippen LogP) is 3.50. The van der Waals surface area contributed by atoms with Crippen LogP contribution >= 0.6 is 11.8 Å². The molecule has 0 bridgehead atoms. The molecule has 0 aliphatic carbocycles. The Hall–Kier alpha value is -2.54. The second-order valence-corrected chi connectivity index (χ2v) is 8.44. The number of nitrogens with one attached hydrogen (secondary N) is 1. The van der Waals surface area contributed by atoms with Crippen molar-refractivity contribution in [3.8, 4) is 0 Å². The normalized spacial score (nSPS) is 14.6. The summed E-state index contributed by atoms with van der Waals surface area (Å²) in [6.07, 6.45) is 3.74. The number of benzene rings is 1. The Morgan fingerprint density at radius 1 is 1.11 bits per heavy atom. The van der Waals surface area contributed by atoms with Gasteiger partial charge in [0.15, 0.2) is 0 Å². The van der Waals surface area contributed by atoms with Gasteiger partial charge in [-0.3, -0.25) is 9.59 Å². The van der Waals surface area contributed by atoms with E-state index < -0.39 is 0 Å². The summed E-state index contributed by atoms with van der Waals surface area (Å²) in [6.45, 7) is 3.49. The highest BCUT2D eigenvalue weighted by atomic mass is 32.2. The van der Waals surface area contributed by atoms with Crippen LogP contribution in [0.2, 0.25) is 0 Å². The maximum absolute atomic E-state index is 12.5. The van der Waals surface area contributed by atoms with Gasteiger partial charge in [-0.2, -0.15) is 0 Å². The van der Waals surface area contributed by atoms with Crippen LogP contribution in [0.25, 0.3) is 0 Å². The highest BCUT2D eigenvalue weighted by molar-refractivity contribution is 8.00. The van der Waals surface area contributed by atoms with Crippen LogP contribution in [-0.2, 0) is 4.79 Å². The largest absolute Gasteiger partial charge is 0.378 e. The molecule has 7 heteroatoms. The number of nitrogens with zero attached hydrogens (tertiary/aromatic N) is 3. The first-order chi connectivity index (χ1) is 13.4. The summed E-state index contributed by atoms with van der Waals surface area (Å²) in [7, 11) is 3.95. The fraction of sp³-hybridized carbons (Fsp3) is 0.381. The summed E-state index contributed by atoms with van der Waals surface area (Å²) in [4.78, 5) is 33.1.